The minimum absolute atomic E-state index is 0.0717. The molecule has 0 aliphatic carbocycles. The van der Waals surface area contributed by atoms with Crippen molar-refractivity contribution in [2.45, 2.75) is 52.1 Å². The number of unbranched alkanes of at least 4 members (excludes halogenated alkanes) is 3. The highest BCUT2D eigenvalue weighted by molar-refractivity contribution is 5.87. The number of rotatable bonds is 7. The molecular formula is C14H22N2O2. The summed E-state index contributed by atoms with van der Waals surface area (Å²) < 4.78 is 5.31. The third kappa shape index (κ3) is 5.17. The van der Waals surface area contributed by atoms with Gasteiger partial charge in [0.25, 0.3) is 0 Å². The van der Waals surface area contributed by atoms with Crippen LogP contribution in [0, 0.1) is 0 Å². The van der Waals surface area contributed by atoms with Crippen LogP contribution in [-0.4, -0.2) is 17.1 Å². The smallest absolute Gasteiger partial charge is 0.357 e. The van der Waals surface area contributed by atoms with Gasteiger partial charge in [-0.05, 0) is 31.9 Å². The molecule has 1 atom stereocenters. The van der Waals surface area contributed by atoms with Crippen LogP contribution in [0.25, 0.3) is 0 Å². The lowest BCUT2D eigenvalue weighted by atomic mass is 10.1. The van der Waals surface area contributed by atoms with Gasteiger partial charge in [0.15, 0.2) is 5.69 Å². The van der Waals surface area contributed by atoms with Crippen molar-refractivity contribution in [2.75, 3.05) is 5.73 Å². The Bertz CT molecular complexity index is 380. The highest BCUT2D eigenvalue weighted by Crippen LogP contribution is 2.10. The van der Waals surface area contributed by atoms with Crippen molar-refractivity contribution in [3.63, 3.8) is 0 Å². The second kappa shape index (κ2) is 7.69. The van der Waals surface area contributed by atoms with Gasteiger partial charge in [-0.2, -0.15) is 0 Å². The monoisotopic (exact) mass is 250 g/mol. The van der Waals surface area contributed by atoms with Crippen LogP contribution in [0.1, 0.15) is 56.4 Å². The van der Waals surface area contributed by atoms with Crippen molar-refractivity contribution in [1.29, 1.82) is 0 Å². The van der Waals surface area contributed by atoms with Gasteiger partial charge in [0.2, 0.25) is 0 Å². The van der Waals surface area contributed by atoms with E-state index in [4.69, 9.17) is 10.5 Å². The number of nitrogen functional groups attached to an aromatic ring is 1. The zero-order valence-electron chi connectivity index (χ0n) is 11.2. The number of nitrogens with zero attached hydrogens (tertiary/aromatic N) is 1. The maximum absolute atomic E-state index is 11.8. The van der Waals surface area contributed by atoms with E-state index in [1.54, 1.807) is 18.2 Å². The van der Waals surface area contributed by atoms with E-state index in [0.29, 0.717) is 5.82 Å². The first kappa shape index (κ1) is 14.5. The topological polar surface area (TPSA) is 65.2 Å². The summed E-state index contributed by atoms with van der Waals surface area (Å²) in [6.07, 6.45) is 5.55. The van der Waals surface area contributed by atoms with E-state index in [2.05, 4.69) is 11.9 Å². The second-order valence-electron chi connectivity index (χ2n) is 4.51. The number of esters is 1. The first-order chi connectivity index (χ1) is 8.63. The summed E-state index contributed by atoms with van der Waals surface area (Å²) in [5, 5.41) is 0. The molecule has 100 valence electrons. The minimum atomic E-state index is -0.398. The van der Waals surface area contributed by atoms with Crippen molar-refractivity contribution in [3.8, 4) is 0 Å². The van der Waals surface area contributed by atoms with E-state index in [1.165, 1.54) is 19.3 Å². The van der Waals surface area contributed by atoms with E-state index in [-0.39, 0.29) is 11.8 Å². The predicted octanol–water partition coefficient (Wildman–Crippen LogP) is 3.18. The van der Waals surface area contributed by atoms with E-state index in [9.17, 15) is 4.79 Å². The summed E-state index contributed by atoms with van der Waals surface area (Å²) in [6.45, 7) is 4.09. The predicted molar refractivity (Wildman–Crippen MR) is 72.3 cm³/mol. The van der Waals surface area contributed by atoms with Gasteiger partial charge in [0.05, 0.1) is 6.10 Å². The van der Waals surface area contributed by atoms with Crippen LogP contribution in [0.4, 0.5) is 5.82 Å². The average Bonchev–Trinajstić information content (AvgIpc) is 2.34. The maximum Gasteiger partial charge on any atom is 0.357 e. The Hall–Kier alpha value is -1.58. The molecule has 0 bridgehead atoms. The van der Waals surface area contributed by atoms with Crippen molar-refractivity contribution in [1.82, 2.24) is 4.98 Å². The number of aromatic nitrogens is 1. The third-order valence-corrected chi connectivity index (χ3v) is 2.75. The molecule has 1 aromatic rings. The Balaban J connectivity index is 2.35. The Morgan fingerprint density at radius 1 is 1.39 bits per heavy atom. The van der Waals surface area contributed by atoms with E-state index in [0.717, 1.165) is 12.8 Å². The summed E-state index contributed by atoms with van der Waals surface area (Å²) in [5.41, 5.74) is 5.80. The lowest BCUT2D eigenvalue weighted by molar-refractivity contribution is 0.0312. The van der Waals surface area contributed by atoms with Crippen LogP contribution < -0.4 is 5.73 Å². The summed E-state index contributed by atoms with van der Waals surface area (Å²) in [5.74, 6) is -0.0645. The second-order valence-corrected chi connectivity index (χ2v) is 4.51. The lowest BCUT2D eigenvalue weighted by Crippen LogP contribution is -2.16. The molecule has 4 heteroatoms. The first-order valence-corrected chi connectivity index (χ1v) is 6.57. The normalized spacial score (nSPS) is 12.1. The van der Waals surface area contributed by atoms with Gasteiger partial charge in [-0.3, -0.25) is 0 Å². The lowest BCUT2D eigenvalue weighted by Gasteiger charge is -2.12. The molecule has 0 radical (unpaired) electrons. The molecule has 18 heavy (non-hydrogen) atoms. The fraction of sp³-hybridized carbons (Fsp3) is 0.571. The van der Waals surface area contributed by atoms with Gasteiger partial charge in [-0.15, -0.1) is 0 Å². The van der Waals surface area contributed by atoms with Crippen molar-refractivity contribution >= 4 is 11.8 Å². The van der Waals surface area contributed by atoms with Gasteiger partial charge in [0, 0.05) is 0 Å². The Kier molecular flexibility index (Phi) is 6.19. The number of carbonyl (C=O) groups excluding carboxylic acids is 1. The number of pyridine rings is 1. The van der Waals surface area contributed by atoms with Crippen LogP contribution in [0.2, 0.25) is 0 Å². The third-order valence-electron chi connectivity index (χ3n) is 2.75. The Morgan fingerprint density at radius 2 is 2.17 bits per heavy atom. The van der Waals surface area contributed by atoms with Gasteiger partial charge in [-0.25, -0.2) is 9.78 Å². The van der Waals surface area contributed by atoms with Crippen LogP contribution in [-0.2, 0) is 4.74 Å². The fourth-order valence-corrected chi connectivity index (χ4v) is 1.73. The molecule has 0 aliphatic rings. The molecule has 1 unspecified atom stereocenters. The van der Waals surface area contributed by atoms with Crippen LogP contribution in [0.5, 0.6) is 0 Å². The Morgan fingerprint density at radius 3 is 2.83 bits per heavy atom. The van der Waals surface area contributed by atoms with Gasteiger partial charge >= 0.3 is 5.97 Å². The standard InChI is InChI=1S/C14H22N2O2/c1-3-4-5-6-8-11(2)18-14(17)12-9-7-10-13(15)16-12/h7,9-11H,3-6,8H2,1-2H3,(H2,15,16). The van der Waals surface area contributed by atoms with Crippen molar-refractivity contribution in [3.05, 3.63) is 23.9 Å². The molecule has 0 saturated carbocycles. The van der Waals surface area contributed by atoms with Crippen LogP contribution in [0.15, 0.2) is 18.2 Å². The molecule has 0 spiro atoms. The van der Waals surface area contributed by atoms with E-state index >= 15 is 0 Å². The number of anilines is 1. The molecule has 1 aromatic heterocycles. The molecule has 0 aromatic carbocycles. The quantitative estimate of drug-likeness (QED) is 0.596. The minimum Gasteiger partial charge on any atom is -0.458 e. The molecule has 1 rings (SSSR count). The summed E-state index contributed by atoms with van der Waals surface area (Å²) >= 11 is 0. The fourth-order valence-electron chi connectivity index (χ4n) is 1.73. The number of nitrogens with two attached hydrogens (primary N) is 1. The molecule has 0 saturated heterocycles. The molecule has 1 heterocycles. The van der Waals surface area contributed by atoms with Crippen LogP contribution >= 0.6 is 0 Å². The summed E-state index contributed by atoms with van der Waals surface area (Å²) in [7, 11) is 0. The first-order valence-electron chi connectivity index (χ1n) is 6.57. The SMILES string of the molecule is CCCCCCC(C)OC(=O)c1cccc(N)n1. The van der Waals surface area contributed by atoms with Gasteiger partial charge in [0.1, 0.15) is 5.82 Å². The molecule has 0 aliphatic heterocycles. The molecule has 4 nitrogen and oxygen atoms in total. The summed E-state index contributed by atoms with van der Waals surface area (Å²) in [4.78, 5) is 15.7. The average molecular weight is 250 g/mol. The molecular weight excluding hydrogens is 228 g/mol. The number of hydrogen-bond acceptors (Lipinski definition) is 4. The summed E-state index contributed by atoms with van der Waals surface area (Å²) in [6, 6.07) is 4.96. The van der Waals surface area contributed by atoms with E-state index < -0.39 is 5.97 Å². The highest BCUT2D eigenvalue weighted by Gasteiger charge is 2.13. The Labute approximate surface area is 109 Å². The van der Waals surface area contributed by atoms with Crippen molar-refractivity contribution < 1.29 is 9.53 Å². The van der Waals surface area contributed by atoms with Crippen molar-refractivity contribution in [2.24, 2.45) is 0 Å². The maximum atomic E-state index is 11.8. The largest absolute Gasteiger partial charge is 0.458 e. The molecule has 0 amide bonds. The van der Waals surface area contributed by atoms with Gasteiger partial charge in [-0.1, -0.05) is 32.3 Å². The zero-order chi connectivity index (χ0) is 13.4. The highest BCUT2D eigenvalue weighted by atomic mass is 16.5. The number of ether oxygens (including phenoxy) is 1. The van der Waals surface area contributed by atoms with Crippen LogP contribution in [0.3, 0.4) is 0 Å². The molecule has 2 N–H and O–H groups in total. The van der Waals surface area contributed by atoms with Gasteiger partial charge < -0.3 is 10.5 Å². The number of carbonyl (C=O) groups is 1. The molecule has 0 fully saturated rings. The number of hydrogen-bond donors (Lipinski definition) is 1. The van der Waals surface area contributed by atoms with E-state index in [1.807, 2.05) is 6.92 Å². The zero-order valence-corrected chi connectivity index (χ0v) is 11.2.